The van der Waals surface area contributed by atoms with Crippen molar-refractivity contribution in [2.45, 2.75) is 12.5 Å². The third kappa shape index (κ3) is 3.28. The second-order valence-corrected chi connectivity index (χ2v) is 5.61. The topological polar surface area (TPSA) is 114 Å². The molecule has 1 atom stereocenters. The summed E-state index contributed by atoms with van der Waals surface area (Å²) in [5.74, 6) is -0.806. The largest absolute Gasteiger partial charge is 0.366 e. The highest BCUT2D eigenvalue weighted by atomic mass is 16.2. The van der Waals surface area contributed by atoms with Gasteiger partial charge >= 0.3 is 0 Å². The Labute approximate surface area is 138 Å². The van der Waals surface area contributed by atoms with E-state index in [2.05, 4.69) is 10.3 Å². The molecular formula is C18H18N4O2. The van der Waals surface area contributed by atoms with Gasteiger partial charge in [0, 0.05) is 22.8 Å². The summed E-state index contributed by atoms with van der Waals surface area (Å²) in [5, 5.41) is 3.44. The third-order valence-electron chi connectivity index (χ3n) is 3.85. The number of fused-ring (bicyclic) bond motifs is 1. The second-order valence-electron chi connectivity index (χ2n) is 5.61. The predicted octanol–water partition coefficient (Wildman–Crippen LogP) is 1.78. The summed E-state index contributed by atoms with van der Waals surface area (Å²) < 4.78 is 0. The minimum Gasteiger partial charge on any atom is -0.366 e. The van der Waals surface area contributed by atoms with Crippen LogP contribution in [0.25, 0.3) is 10.9 Å². The normalized spacial score (nSPS) is 12.0. The fourth-order valence-electron chi connectivity index (χ4n) is 2.60. The van der Waals surface area contributed by atoms with Gasteiger partial charge < -0.3 is 21.8 Å². The van der Waals surface area contributed by atoms with Gasteiger partial charge in [0.1, 0.15) is 0 Å². The Morgan fingerprint density at radius 2 is 1.88 bits per heavy atom. The molecule has 1 aromatic heterocycles. The van der Waals surface area contributed by atoms with Crippen LogP contribution in [0.15, 0.2) is 54.7 Å². The molecule has 2 amide bonds. The van der Waals surface area contributed by atoms with Crippen LogP contribution in [-0.2, 0) is 11.2 Å². The molecule has 3 rings (SSSR count). The molecule has 0 saturated heterocycles. The highest BCUT2D eigenvalue weighted by Crippen LogP contribution is 2.22. The van der Waals surface area contributed by atoms with Gasteiger partial charge in [0.15, 0.2) is 0 Å². The Morgan fingerprint density at radius 3 is 2.58 bits per heavy atom. The highest BCUT2D eigenvalue weighted by Gasteiger charge is 2.15. The Balaban J connectivity index is 1.75. The maximum Gasteiger partial charge on any atom is 0.250 e. The lowest BCUT2D eigenvalue weighted by molar-refractivity contribution is -0.117. The van der Waals surface area contributed by atoms with Crippen molar-refractivity contribution in [1.82, 2.24) is 4.98 Å². The molecule has 2 aromatic carbocycles. The number of nitrogens with two attached hydrogens (primary N) is 2. The molecule has 122 valence electrons. The summed E-state index contributed by atoms with van der Waals surface area (Å²) in [4.78, 5) is 26.7. The van der Waals surface area contributed by atoms with Gasteiger partial charge in [-0.15, -0.1) is 0 Å². The van der Waals surface area contributed by atoms with Crippen molar-refractivity contribution in [2.75, 3.05) is 5.32 Å². The van der Waals surface area contributed by atoms with Crippen LogP contribution in [0.4, 0.5) is 5.69 Å². The first kappa shape index (κ1) is 15.8. The number of carbonyl (C=O) groups excluding carboxylic acids is 2. The molecule has 0 aliphatic heterocycles. The van der Waals surface area contributed by atoms with E-state index in [1.165, 1.54) is 0 Å². The molecule has 0 unspecified atom stereocenters. The van der Waals surface area contributed by atoms with E-state index >= 15 is 0 Å². The van der Waals surface area contributed by atoms with E-state index in [0.717, 1.165) is 11.1 Å². The van der Waals surface area contributed by atoms with E-state index in [1.807, 2.05) is 30.3 Å². The zero-order valence-corrected chi connectivity index (χ0v) is 13.0. The van der Waals surface area contributed by atoms with Crippen LogP contribution >= 0.6 is 0 Å². The number of carbonyl (C=O) groups is 2. The maximum atomic E-state index is 12.3. The monoisotopic (exact) mass is 322 g/mol. The number of anilines is 1. The van der Waals surface area contributed by atoms with Crippen molar-refractivity contribution in [3.05, 3.63) is 65.9 Å². The molecule has 24 heavy (non-hydrogen) atoms. The maximum absolute atomic E-state index is 12.3. The number of nitrogens with one attached hydrogen (secondary N) is 2. The summed E-state index contributed by atoms with van der Waals surface area (Å²) >= 11 is 0. The van der Waals surface area contributed by atoms with Crippen LogP contribution in [0.2, 0.25) is 0 Å². The fraction of sp³-hybridized carbons (Fsp3) is 0.111. The van der Waals surface area contributed by atoms with Crippen LogP contribution < -0.4 is 16.8 Å². The Morgan fingerprint density at radius 1 is 1.12 bits per heavy atom. The minimum atomic E-state index is -0.662. The molecule has 0 bridgehead atoms. The molecule has 0 spiro atoms. The Kier molecular flexibility index (Phi) is 4.31. The van der Waals surface area contributed by atoms with Gasteiger partial charge in [-0.25, -0.2) is 0 Å². The number of hydrogen-bond donors (Lipinski definition) is 4. The molecule has 0 aliphatic rings. The first-order valence-corrected chi connectivity index (χ1v) is 7.56. The molecule has 0 saturated carbocycles. The average Bonchev–Trinajstić information content (AvgIpc) is 2.99. The number of amides is 2. The lowest BCUT2D eigenvalue weighted by Gasteiger charge is -2.12. The standard InChI is InChI=1S/C18H18N4O2/c19-15(8-11-4-2-1-3-5-11)18(24)22-12-6-7-16-13(9-12)14(10-21-16)17(20)23/h1-7,9-10,15,21H,8,19H2,(H2,20,23)(H,22,24)/t15-/m0/s1. The molecule has 0 radical (unpaired) electrons. The van der Waals surface area contributed by atoms with Gasteiger partial charge in [0.05, 0.1) is 11.6 Å². The van der Waals surface area contributed by atoms with Crippen molar-refractivity contribution in [3.63, 3.8) is 0 Å². The summed E-state index contributed by atoms with van der Waals surface area (Å²) in [6.45, 7) is 0. The average molecular weight is 322 g/mol. The van der Waals surface area contributed by atoms with Crippen LogP contribution in [0.3, 0.4) is 0 Å². The van der Waals surface area contributed by atoms with E-state index < -0.39 is 11.9 Å². The van der Waals surface area contributed by atoms with Crippen molar-refractivity contribution in [3.8, 4) is 0 Å². The quantitative estimate of drug-likeness (QED) is 0.574. The molecule has 3 aromatic rings. The van der Waals surface area contributed by atoms with Crippen molar-refractivity contribution < 1.29 is 9.59 Å². The van der Waals surface area contributed by atoms with E-state index in [-0.39, 0.29) is 5.91 Å². The molecule has 6 nitrogen and oxygen atoms in total. The smallest absolute Gasteiger partial charge is 0.250 e. The van der Waals surface area contributed by atoms with E-state index in [1.54, 1.807) is 24.4 Å². The molecule has 0 aliphatic carbocycles. The summed E-state index contributed by atoms with van der Waals surface area (Å²) in [6.07, 6.45) is 2.01. The highest BCUT2D eigenvalue weighted by molar-refractivity contribution is 6.07. The van der Waals surface area contributed by atoms with Gasteiger partial charge in [-0.2, -0.15) is 0 Å². The van der Waals surface area contributed by atoms with E-state index in [4.69, 9.17) is 11.5 Å². The summed E-state index contributed by atoms with van der Waals surface area (Å²) in [6, 6.07) is 14.2. The molecule has 6 heteroatoms. The fourth-order valence-corrected chi connectivity index (χ4v) is 2.60. The molecule has 0 fully saturated rings. The van der Waals surface area contributed by atoms with E-state index in [0.29, 0.717) is 23.1 Å². The van der Waals surface area contributed by atoms with Gasteiger partial charge in [-0.3, -0.25) is 9.59 Å². The number of primary amides is 1. The second kappa shape index (κ2) is 6.55. The molecule has 1 heterocycles. The van der Waals surface area contributed by atoms with Crippen molar-refractivity contribution >= 4 is 28.4 Å². The third-order valence-corrected chi connectivity index (χ3v) is 3.85. The minimum absolute atomic E-state index is 0.283. The van der Waals surface area contributed by atoms with Gasteiger partial charge in [-0.1, -0.05) is 30.3 Å². The lowest BCUT2D eigenvalue weighted by atomic mass is 10.1. The summed E-state index contributed by atoms with van der Waals surface area (Å²) in [7, 11) is 0. The van der Waals surface area contributed by atoms with Crippen molar-refractivity contribution in [1.29, 1.82) is 0 Å². The number of aromatic nitrogens is 1. The first-order chi connectivity index (χ1) is 11.5. The Bertz CT molecular complexity index is 886. The van der Waals surface area contributed by atoms with Gasteiger partial charge in [0.2, 0.25) is 5.91 Å². The Hall–Kier alpha value is -3.12. The number of H-pyrrole nitrogens is 1. The lowest BCUT2D eigenvalue weighted by Crippen LogP contribution is -2.37. The zero-order chi connectivity index (χ0) is 17.1. The SMILES string of the molecule is NC(=O)c1c[nH]c2ccc(NC(=O)[C@@H](N)Cc3ccccc3)cc12. The zero-order valence-electron chi connectivity index (χ0n) is 13.0. The van der Waals surface area contributed by atoms with E-state index in [9.17, 15) is 9.59 Å². The molecular weight excluding hydrogens is 304 g/mol. The predicted molar refractivity (Wildman–Crippen MR) is 93.6 cm³/mol. The van der Waals surface area contributed by atoms with Crippen LogP contribution in [0, 0.1) is 0 Å². The van der Waals surface area contributed by atoms with Crippen molar-refractivity contribution in [2.24, 2.45) is 11.5 Å². The number of rotatable bonds is 5. The molecule has 6 N–H and O–H groups in total. The van der Waals surface area contributed by atoms with Crippen LogP contribution in [0.5, 0.6) is 0 Å². The number of hydrogen-bond acceptors (Lipinski definition) is 3. The summed E-state index contributed by atoms with van der Waals surface area (Å²) in [5.41, 5.74) is 14.0. The number of aromatic amines is 1. The van der Waals surface area contributed by atoms with Gasteiger partial charge in [-0.05, 0) is 30.2 Å². The van der Waals surface area contributed by atoms with Crippen LogP contribution in [-0.4, -0.2) is 22.8 Å². The first-order valence-electron chi connectivity index (χ1n) is 7.56. The van der Waals surface area contributed by atoms with Crippen LogP contribution in [0.1, 0.15) is 15.9 Å². The van der Waals surface area contributed by atoms with Gasteiger partial charge in [0.25, 0.3) is 5.91 Å². The number of benzene rings is 2.